The summed E-state index contributed by atoms with van der Waals surface area (Å²) in [6.07, 6.45) is 11.3. The number of rotatable bonds is 9. The molecule has 1 aliphatic rings. The Labute approximate surface area is 136 Å². The van der Waals surface area contributed by atoms with E-state index in [0.717, 1.165) is 32.1 Å². The molecule has 2 nitrogen and oxygen atoms in total. The molecule has 0 unspecified atom stereocenters. The Bertz CT molecular complexity index is 460. The van der Waals surface area contributed by atoms with Gasteiger partial charge in [0.1, 0.15) is 11.6 Å². The van der Waals surface area contributed by atoms with Gasteiger partial charge in [-0.05, 0) is 25.5 Å². The van der Waals surface area contributed by atoms with Crippen molar-refractivity contribution in [2.24, 2.45) is 0 Å². The van der Waals surface area contributed by atoms with Crippen molar-refractivity contribution in [3.63, 3.8) is 0 Å². The first kappa shape index (κ1) is 18.7. The summed E-state index contributed by atoms with van der Waals surface area (Å²) < 4.78 is 0. The van der Waals surface area contributed by atoms with Crippen molar-refractivity contribution >= 4 is 0 Å². The van der Waals surface area contributed by atoms with Crippen LogP contribution >= 0.6 is 0 Å². The number of hydrogen-bond donors (Lipinski definition) is 2. The number of quaternary nitrogens is 2. The van der Waals surface area contributed by atoms with Gasteiger partial charge in [0.15, 0.2) is 0 Å². The Morgan fingerprint density at radius 2 is 1.77 bits per heavy atom. The minimum atomic E-state index is -0.0988. The summed E-state index contributed by atoms with van der Waals surface area (Å²) in [6.45, 7) is 20.2. The summed E-state index contributed by atoms with van der Waals surface area (Å²) in [4.78, 5) is 0. The van der Waals surface area contributed by atoms with E-state index in [0.29, 0.717) is 12.1 Å². The van der Waals surface area contributed by atoms with Crippen LogP contribution in [0.3, 0.4) is 0 Å². The van der Waals surface area contributed by atoms with Crippen LogP contribution in [-0.4, -0.2) is 17.6 Å². The van der Waals surface area contributed by atoms with Gasteiger partial charge in [0, 0.05) is 32.1 Å². The molecule has 2 atom stereocenters. The van der Waals surface area contributed by atoms with Gasteiger partial charge in [-0.3, -0.25) is 0 Å². The maximum absolute atomic E-state index is 4.53. The third-order valence-corrected chi connectivity index (χ3v) is 4.36. The van der Waals surface area contributed by atoms with E-state index in [1.54, 1.807) is 0 Å². The van der Waals surface area contributed by atoms with Crippen molar-refractivity contribution in [3.8, 4) is 0 Å². The van der Waals surface area contributed by atoms with Crippen LogP contribution in [-0.2, 0) is 0 Å². The quantitative estimate of drug-likeness (QED) is 0.615. The molecule has 0 aromatic heterocycles. The zero-order chi connectivity index (χ0) is 16.8. The normalized spacial score (nSPS) is 21.9. The lowest BCUT2D eigenvalue weighted by molar-refractivity contribution is -0.715. The fourth-order valence-corrected chi connectivity index (χ4v) is 3.49. The molecule has 1 aliphatic heterocycles. The highest BCUT2D eigenvalue weighted by molar-refractivity contribution is 5.24. The van der Waals surface area contributed by atoms with Gasteiger partial charge in [0.05, 0.1) is 6.04 Å². The van der Waals surface area contributed by atoms with Crippen LogP contribution in [0.15, 0.2) is 61.3 Å². The highest BCUT2D eigenvalue weighted by atomic mass is 15.0. The molecule has 2 heteroatoms. The van der Waals surface area contributed by atoms with E-state index in [1.807, 2.05) is 12.2 Å². The molecule has 0 saturated carbocycles. The topological polar surface area (TPSA) is 44.2 Å². The Kier molecular flexibility index (Phi) is 7.05. The van der Waals surface area contributed by atoms with Crippen molar-refractivity contribution in [3.05, 3.63) is 61.3 Å². The minimum Gasteiger partial charge on any atom is -0.349 e. The molecule has 0 radical (unpaired) electrons. The molecular formula is C20H34N2+2. The van der Waals surface area contributed by atoms with Crippen molar-refractivity contribution < 1.29 is 11.1 Å². The van der Waals surface area contributed by atoms with Gasteiger partial charge in [-0.1, -0.05) is 36.5 Å². The van der Waals surface area contributed by atoms with E-state index in [1.165, 1.54) is 16.7 Å². The summed E-state index contributed by atoms with van der Waals surface area (Å²) in [5, 5.41) is 2.48. The lowest BCUT2D eigenvalue weighted by Gasteiger charge is -2.34. The van der Waals surface area contributed by atoms with Crippen molar-refractivity contribution in [2.45, 2.75) is 63.6 Å². The number of nitrogens with two attached hydrogens (primary N) is 1. The summed E-state index contributed by atoms with van der Waals surface area (Å²) >= 11 is 0. The van der Waals surface area contributed by atoms with Crippen LogP contribution in [0.5, 0.6) is 0 Å². The van der Waals surface area contributed by atoms with Crippen LogP contribution in [0, 0.1) is 0 Å². The fraction of sp³-hybridized carbons (Fsp3) is 0.500. The molecule has 0 saturated heterocycles. The molecule has 122 valence electrons. The second kappa shape index (κ2) is 8.30. The molecule has 5 N–H and O–H groups in total. The predicted molar refractivity (Wildman–Crippen MR) is 96.3 cm³/mol. The van der Waals surface area contributed by atoms with E-state index in [2.05, 4.69) is 57.3 Å². The summed E-state index contributed by atoms with van der Waals surface area (Å²) in [6, 6.07) is 1.01. The fourth-order valence-electron chi connectivity index (χ4n) is 3.49. The van der Waals surface area contributed by atoms with Crippen molar-refractivity contribution in [2.75, 3.05) is 0 Å². The maximum Gasteiger partial charge on any atom is 0.123 e. The first-order chi connectivity index (χ1) is 10.3. The smallest absolute Gasteiger partial charge is 0.123 e. The Morgan fingerprint density at radius 3 is 2.23 bits per heavy atom. The molecule has 1 rings (SSSR count). The molecular weight excluding hydrogens is 268 g/mol. The van der Waals surface area contributed by atoms with Gasteiger partial charge in [0.25, 0.3) is 0 Å². The van der Waals surface area contributed by atoms with Crippen LogP contribution < -0.4 is 11.1 Å². The molecule has 22 heavy (non-hydrogen) atoms. The van der Waals surface area contributed by atoms with Gasteiger partial charge in [-0.2, -0.15) is 0 Å². The molecule has 1 heterocycles. The molecule has 0 spiro atoms. The Morgan fingerprint density at radius 1 is 1.23 bits per heavy atom. The molecule has 0 aromatic rings. The van der Waals surface area contributed by atoms with E-state index in [4.69, 9.17) is 0 Å². The molecule has 0 aliphatic carbocycles. The second-order valence-corrected chi connectivity index (χ2v) is 7.10. The average Bonchev–Trinajstić information content (AvgIpc) is 2.37. The van der Waals surface area contributed by atoms with E-state index in [9.17, 15) is 0 Å². The van der Waals surface area contributed by atoms with E-state index in [-0.39, 0.29) is 5.54 Å². The Balaban J connectivity index is 3.06. The van der Waals surface area contributed by atoms with E-state index >= 15 is 0 Å². The third-order valence-electron chi connectivity index (χ3n) is 4.36. The maximum atomic E-state index is 4.53. The van der Waals surface area contributed by atoms with Crippen LogP contribution in [0.1, 0.15) is 46.0 Å². The van der Waals surface area contributed by atoms with Gasteiger partial charge in [-0.15, -0.1) is 13.2 Å². The van der Waals surface area contributed by atoms with Crippen LogP contribution in [0.4, 0.5) is 0 Å². The lowest BCUT2D eigenvalue weighted by Crippen LogP contribution is -2.96. The summed E-state index contributed by atoms with van der Waals surface area (Å²) in [7, 11) is 0. The second-order valence-electron chi connectivity index (χ2n) is 7.10. The minimum absolute atomic E-state index is 0.0988. The van der Waals surface area contributed by atoms with Gasteiger partial charge in [-0.25, -0.2) is 0 Å². The molecule has 0 aromatic carbocycles. The SMILES string of the molecule is C=CCC([NH3+])(CC=C)C1=C[C@H](CC(=C)C)[NH2+][C@@H](CC(=C)C)C1. The van der Waals surface area contributed by atoms with Gasteiger partial charge < -0.3 is 11.1 Å². The first-order valence-electron chi connectivity index (χ1n) is 8.22. The zero-order valence-electron chi connectivity index (χ0n) is 14.5. The standard InChI is InChI=1S/C20H32N2/c1-7-9-20(21,10-8-2)17-13-18(11-15(3)4)22-19(14-17)12-16(5)6/h7-8,13,18-19,22H,1-3,5,9-12,14,21H2,4,6H3/p+2/t18-,19-/m0/s1. The Hall–Kier alpha value is -1.38. The van der Waals surface area contributed by atoms with Gasteiger partial charge >= 0.3 is 0 Å². The lowest BCUT2D eigenvalue weighted by atomic mass is 9.77. The monoisotopic (exact) mass is 302 g/mol. The van der Waals surface area contributed by atoms with E-state index < -0.39 is 0 Å². The third kappa shape index (κ3) is 5.43. The van der Waals surface area contributed by atoms with Crippen molar-refractivity contribution in [1.82, 2.24) is 0 Å². The van der Waals surface area contributed by atoms with Crippen molar-refractivity contribution in [1.29, 1.82) is 0 Å². The first-order valence-corrected chi connectivity index (χ1v) is 8.22. The zero-order valence-corrected chi connectivity index (χ0v) is 14.5. The molecule has 0 fully saturated rings. The highest BCUT2D eigenvalue weighted by Crippen LogP contribution is 2.28. The van der Waals surface area contributed by atoms with Crippen LogP contribution in [0.25, 0.3) is 0 Å². The molecule has 0 bridgehead atoms. The highest BCUT2D eigenvalue weighted by Gasteiger charge is 2.37. The summed E-state index contributed by atoms with van der Waals surface area (Å²) in [5.41, 5.74) is 8.36. The number of hydrogen-bond acceptors (Lipinski definition) is 0. The summed E-state index contributed by atoms with van der Waals surface area (Å²) in [5.74, 6) is 0. The average molecular weight is 303 g/mol. The predicted octanol–water partition coefficient (Wildman–Crippen LogP) is 2.68. The largest absolute Gasteiger partial charge is 0.349 e. The van der Waals surface area contributed by atoms with Gasteiger partial charge in [0.2, 0.25) is 0 Å². The van der Waals surface area contributed by atoms with Crippen LogP contribution in [0.2, 0.25) is 0 Å². The molecule has 0 amide bonds.